The maximum absolute atomic E-state index is 13.5. The largest absolute Gasteiger partial charge is 0.354 e. The molecule has 0 saturated carbocycles. The molecule has 0 bridgehead atoms. The van der Waals surface area contributed by atoms with E-state index in [1.807, 2.05) is 14.0 Å². The van der Waals surface area contributed by atoms with Crippen LogP contribution < -0.4 is 10.6 Å². The third-order valence-corrected chi connectivity index (χ3v) is 4.08. The summed E-state index contributed by atoms with van der Waals surface area (Å²) in [6.45, 7) is 2.59. The van der Waals surface area contributed by atoms with Gasteiger partial charge in [-0.25, -0.2) is 4.39 Å². The predicted octanol–water partition coefficient (Wildman–Crippen LogP) is 2.55. The first-order chi connectivity index (χ1) is 9.02. The molecule has 2 N–H and O–H groups in total. The number of benzene rings is 1. The highest BCUT2D eigenvalue weighted by atomic mass is 79.9. The predicted molar refractivity (Wildman–Crippen MR) is 81.8 cm³/mol. The van der Waals surface area contributed by atoms with Crippen LogP contribution in [-0.2, 0) is 10.5 Å². The van der Waals surface area contributed by atoms with Gasteiger partial charge in [0.15, 0.2) is 0 Å². The van der Waals surface area contributed by atoms with Gasteiger partial charge < -0.3 is 10.6 Å². The highest BCUT2D eigenvalue weighted by molar-refractivity contribution is 9.10. The van der Waals surface area contributed by atoms with Gasteiger partial charge >= 0.3 is 0 Å². The van der Waals surface area contributed by atoms with Gasteiger partial charge in [-0.05, 0) is 31.7 Å². The van der Waals surface area contributed by atoms with E-state index in [0.717, 1.165) is 4.47 Å². The van der Waals surface area contributed by atoms with Crippen LogP contribution >= 0.6 is 27.7 Å². The summed E-state index contributed by atoms with van der Waals surface area (Å²) >= 11 is 4.62. The zero-order chi connectivity index (χ0) is 14.3. The molecule has 0 heterocycles. The van der Waals surface area contributed by atoms with Crippen molar-refractivity contribution >= 4 is 33.6 Å². The van der Waals surface area contributed by atoms with Crippen molar-refractivity contribution in [2.75, 3.05) is 19.3 Å². The second-order valence-corrected chi connectivity index (χ2v) is 6.12. The van der Waals surface area contributed by atoms with Crippen LogP contribution in [-0.4, -0.2) is 31.3 Å². The van der Waals surface area contributed by atoms with Crippen molar-refractivity contribution < 1.29 is 9.18 Å². The number of halogens is 2. The zero-order valence-electron chi connectivity index (χ0n) is 11.0. The third-order valence-electron chi connectivity index (χ3n) is 2.60. The summed E-state index contributed by atoms with van der Waals surface area (Å²) in [7, 11) is 1.85. The normalized spacial score (nSPS) is 12.2. The Morgan fingerprint density at radius 3 is 2.89 bits per heavy atom. The van der Waals surface area contributed by atoms with E-state index >= 15 is 0 Å². The molecule has 0 aliphatic rings. The van der Waals surface area contributed by atoms with E-state index < -0.39 is 0 Å². The number of hydrogen-bond donors (Lipinski definition) is 2. The number of nitrogens with one attached hydrogen (secondary N) is 2. The average molecular weight is 349 g/mol. The molecule has 0 fully saturated rings. The van der Waals surface area contributed by atoms with Crippen LogP contribution in [0.3, 0.4) is 0 Å². The van der Waals surface area contributed by atoms with Crippen LogP contribution in [0.4, 0.5) is 4.39 Å². The smallest absolute Gasteiger partial charge is 0.230 e. The number of hydrogen-bond acceptors (Lipinski definition) is 3. The number of likely N-dealkylation sites (N-methyl/N-ethyl adjacent to an activating group) is 1. The van der Waals surface area contributed by atoms with Gasteiger partial charge in [-0.15, -0.1) is 11.8 Å². The molecule has 1 unspecified atom stereocenters. The summed E-state index contributed by atoms with van der Waals surface area (Å²) in [4.78, 5) is 11.5. The molecule has 6 heteroatoms. The molecule has 1 aromatic rings. The van der Waals surface area contributed by atoms with Crippen LogP contribution in [0.25, 0.3) is 0 Å². The van der Waals surface area contributed by atoms with E-state index in [9.17, 15) is 9.18 Å². The lowest BCUT2D eigenvalue weighted by Gasteiger charge is -2.11. The fourth-order valence-electron chi connectivity index (χ4n) is 1.31. The Kier molecular flexibility index (Phi) is 7.41. The molecule has 19 heavy (non-hydrogen) atoms. The van der Waals surface area contributed by atoms with Crippen LogP contribution in [0, 0.1) is 5.82 Å². The number of carbonyl (C=O) groups excluding carboxylic acids is 1. The summed E-state index contributed by atoms with van der Waals surface area (Å²) in [6.07, 6.45) is 0. The molecule has 0 aliphatic heterocycles. The molecule has 106 valence electrons. The number of thioether (sulfide) groups is 1. The fourth-order valence-corrected chi connectivity index (χ4v) is 2.49. The van der Waals surface area contributed by atoms with Crippen molar-refractivity contribution in [2.24, 2.45) is 0 Å². The second-order valence-electron chi connectivity index (χ2n) is 4.22. The van der Waals surface area contributed by atoms with Crippen LogP contribution in [0.5, 0.6) is 0 Å². The minimum atomic E-state index is -0.244. The Labute approximate surface area is 125 Å². The lowest BCUT2D eigenvalue weighted by atomic mass is 10.2. The van der Waals surface area contributed by atoms with Gasteiger partial charge in [0.25, 0.3) is 0 Å². The molecule has 0 aliphatic carbocycles. The van der Waals surface area contributed by atoms with Crippen molar-refractivity contribution in [2.45, 2.75) is 18.7 Å². The molecule has 1 atom stereocenters. The van der Waals surface area contributed by atoms with Crippen molar-refractivity contribution in [3.8, 4) is 0 Å². The molecule has 0 saturated heterocycles. The molecule has 1 amide bonds. The number of amides is 1. The summed E-state index contributed by atoms with van der Waals surface area (Å²) in [6, 6.07) is 5.21. The topological polar surface area (TPSA) is 41.1 Å². The standard InChI is InChI=1S/C13H18BrFN2OS/c1-9(16-2)6-17-13(18)8-19-7-10-3-4-11(14)5-12(10)15/h3-5,9,16H,6-8H2,1-2H3,(H,17,18). The van der Waals surface area contributed by atoms with Gasteiger partial charge in [0.05, 0.1) is 5.75 Å². The van der Waals surface area contributed by atoms with Gasteiger partial charge in [0.2, 0.25) is 5.91 Å². The Hall–Kier alpha value is -0.590. The number of carbonyl (C=O) groups is 1. The minimum Gasteiger partial charge on any atom is -0.354 e. The van der Waals surface area contributed by atoms with E-state index in [0.29, 0.717) is 23.6 Å². The quantitative estimate of drug-likeness (QED) is 0.795. The van der Waals surface area contributed by atoms with E-state index in [1.165, 1.54) is 17.8 Å². The Morgan fingerprint density at radius 2 is 2.26 bits per heavy atom. The van der Waals surface area contributed by atoms with Crippen LogP contribution in [0.15, 0.2) is 22.7 Å². The summed E-state index contributed by atoms with van der Waals surface area (Å²) < 4.78 is 14.2. The SMILES string of the molecule is CNC(C)CNC(=O)CSCc1ccc(Br)cc1F. The van der Waals surface area contributed by atoms with E-state index in [-0.39, 0.29) is 17.8 Å². The molecule has 0 aromatic heterocycles. The first-order valence-corrected chi connectivity index (χ1v) is 7.93. The molecule has 0 spiro atoms. The highest BCUT2D eigenvalue weighted by Gasteiger charge is 2.06. The van der Waals surface area contributed by atoms with Gasteiger partial charge in [-0.1, -0.05) is 22.0 Å². The molecule has 0 radical (unpaired) electrons. The summed E-state index contributed by atoms with van der Waals surface area (Å²) in [5, 5.41) is 5.86. The van der Waals surface area contributed by atoms with E-state index in [4.69, 9.17) is 0 Å². The first kappa shape index (κ1) is 16.5. The fraction of sp³-hybridized carbons (Fsp3) is 0.462. The Balaban J connectivity index is 2.28. The lowest BCUT2D eigenvalue weighted by molar-refractivity contribution is -0.118. The first-order valence-electron chi connectivity index (χ1n) is 5.98. The van der Waals surface area contributed by atoms with Crippen molar-refractivity contribution in [1.82, 2.24) is 10.6 Å². The van der Waals surface area contributed by atoms with Crippen molar-refractivity contribution in [1.29, 1.82) is 0 Å². The average Bonchev–Trinajstić information content (AvgIpc) is 2.38. The Morgan fingerprint density at radius 1 is 1.53 bits per heavy atom. The van der Waals surface area contributed by atoms with E-state index in [2.05, 4.69) is 26.6 Å². The summed E-state index contributed by atoms with van der Waals surface area (Å²) in [5.74, 6) is 0.566. The van der Waals surface area contributed by atoms with Crippen LogP contribution in [0.2, 0.25) is 0 Å². The molecular weight excluding hydrogens is 331 g/mol. The highest BCUT2D eigenvalue weighted by Crippen LogP contribution is 2.19. The van der Waals surface area contributed by atoms with Gasteiger partial charge in [-0.2, -0.15) is 0 Å². The summed E-state index contributed by atoms with van der Waals surface area (Å²) in [5.41, 5.74) is 0.615. The molecule has 3 nitrogen and oxygen atoms in total. The van der Waals surface area contributed by atoms with Gasteiger partial charge in [-0.3, -0.25) is 4.79 Å². The van der Waals surface area contributed by atoms with Gasteiger partial charge in [0.1, 0.15) is 5.82 Å². The van der Waals surface area contributed by atoms with Crippen LogP contribution in [0.1, 0.15) is 12.5 Å². The monoisotopic (exact) mass is 348 g/mol. The zero-order valence-corrected chi connectivity index (χ0v) is 13.4. The maximum Gasteiger partial charge on any atom is 0.230 e. The van der Waals surface area contributed by atoms with Crippen molar-refractivity contribution in [3.05, 3.63) is 34.1 Å². The number of rotatable bonds is 7. The minimum absolute atomic E-state index is 0.0235. The van der Waals surface area contributed by atoms with Crippen molar-refractivity contribution in [3.63, 3.8) is 0 Å². The lowest BCUT2D eigenvalue weighted by Crippen LogP contribution is -2.37. The molecule has 1 rings (SSSR count). The maximum atomic E-state index is 13.5. The molecule has 1 aromatic carbocycles. The van der Waals surface area contributed by atoms with Gasteiger partial charge in [0, 0.05) is 22.8 Å². The third kappa shape index (κ3) is 6.40. The van der Waals surface area contributed by atoms with E-state index in [1.54, 1.807) is 12.1 Å². The Bertz CT molecular complexity index is 431. The second kappa shape index (κ2) is 8.55. The molecular formula is C13H18BrFN2OS.